The number of aromatic nitrogens is 1. The van der Waals surface area contributed by atoms with Crippen molar-refractivity contribution >= 4 is 45.3 Å². The number of hydrogen-bond donors (Lipinski definition) is 2. The molecular weight excluding hydrogens is 410 g/mol. The van der Waals surface area contributed by atoms with E-state index >= 15 is 0 Å². The van der Waals surface area contributed by atoms with Crippen molar-refractivity contribution in [3.63, 3.8) is 0 Å². The van der Waals surface area contributed by atoms with Gasteiger partial charge < -0.3 is 10.3 Å². The summed E-state index contributed by atoms with van der Waals surface area (Å²) in [7, 11) is 0. The Kier molecular flexibility index (Phi) is 3.86. The molecule has 4 aromatic rings. The number of hydrogen-bond acceptors (Lipinski definition) is 3. The maximum absolute atomic E-state index is 13.0. The topological polar surface area (TPSA) is 65.2 Å². The summed E-state index contributed by atoms with van der Waals surface area (Å²) in [4.78, 5) is 31.0. The highest BCUT2D eigenvalue weighted by Crippen LogP contribution is 2.54. The zero-order valence-electron chi connectivity index (χ0n) is 18.1. The van der Waals surface area contributed by atoms with E-state index in [4.69, 9.17) is 0 Å². The number of rotatable bonds is 5. The Morgan fingerprint density at radius 3 is 2.61 bits per heavy atom. The number of imide groups is 1. The molecule has 0 radical (unpaired) electrons. The molecule has 0 spiro atoms. The van der Waals surface area contributed by atoms with Crippen molar-refractivity contribution in [3.05, 3.63) is 83.1 Å². The molecule has 2 amide bonds. The van der Waals surface area contributed by atoms with Crippen LogP contribution >= 0.6 is 0 Å². The van der Waals surface area contributed by atoms with Gasteiger partial charge in [0.2, 0.25) is 0 Å². The molecule has 0 saturated heterocycles. The summed E-state index contributed by atoms with van der Waals surface area (Å²) in [6.07, 6.45) is 6.50. The molecule has 1 aliphatic heterocycles. The Labute approximate surface area is 194 Å². The molecule has 2 unspecified atom stereocenters. The molecule has 1 aromatic heterocycles. The molecule has 2 atom stereocenters. The van der Waals surface area contributed by atoms with Gasteiger partial charge in [0.25, 0.3) is 11.8 Å². The van der Waals surface area contributed by atoms with Crippen molar-refractivity contribution in [2.45, 2.75) is 18.8 Å². The van der Waals surface area contributed by atoms with Crippen LogP contribution in [0.15, 0.2) is 60.7 Å². The number of nitrogens with one attached hydrogen (secondary N) is 2. The largest absolute Gasteiger partial charge is 0.385 e. The Balaban J connectivity index is 0.00000127. The number of anilines is 1. The minimum Gasteiger partial charge on any atom is -0.385 e. The van der Waals surface area contributed by atoms with Gasteiger partial charge in [-0.15, -0.1) is 0 Å². The van der Waals surface area contributed by atoms with Gasteiger partial charge in [0, 0.05) is 54.7 Å². The fourth-order valence-electron chi connectivity index (χ4n) is 5.61. The summed E-state index contributed by atoms with van der Waals surface area (Å²) >= 11 is 0. The molecule has 2 N–H and O–H groups in total. The Bertz CT molecular complexity index is 1470. The van der Waals surface area contributed by atoms with Crippen LogP contribution in [0.4, 0.5) is 5.69 Å². The number of aromatic amines is 1. The van der Waals surface area contributed by atoms with Gasteiger partial charge in [-0.05, 0) is 66.0 Å². The van der Waals surface area contributed by atoms with Gasteiger partial charge in [-0.2, -0.15) is 0 Å². The first kappa shape index (κ1) is 18.7. The standard InChI is InChI=1S/C28H23N3O2.2H2/c32-27-20-6-1-4-16-5-2-7-21(25(16)20)28(33)31(27)13-3-12-29-18-9-10-19-24(15-18)30-23-11-8-17-14-22(17)26(19)23;;/h1-2,4-11,15,17,22,29-30H,3,12-14H2;2*1H. The fraction of sp³-hybridized carbons (Fsp3) is 0.214. The third-order valence-corrected chi connectivity index (χ3v) is 7.33. The van der Waals surface area contributed by atoms with Crippen LogP contribution in [-0.4, -0.2) is 34.8 Å². The number of carbonyl (C=O) groups is 2. The lowest BCUT2D eigenvalue weighted by molar-refractivity contribution is 0.0610. The maximum Gasteiger partial charge on any atom is 0.261 e. The number of amides is 2. The zero-order chi connectivity index (χ0) is 22.1. The third kappa shape index (κ3) is 2.78. The summed E-state index contributed by atoms with van der Waals surface area (Å²) in [5.74, 6) is 1.02. The van der Waals surface area contributed by atoms with Crippen LogP contribution in [0, 0.1) is 5.92 Å². The van der Waals surface area contributed by atoms with Gasteiger partial charge in [0.05, 0.1) is 0 Å². The smallest absolute Gasteiger partial charge is 0.261 e. The van der Waals surface area contributed by atoms with E-state index in [0.717, 1.165) is 27.9 Å². The van der Waals surface area contributed by atoms with E-state index in [0.29, 0.717) is 36.6 Å². The predicted octanol–water partition coefficient (Wildman–Crippen LogP) is 6.04. The Morgan fingerprint density at radius 1 is 1.03 bits per heavy atom. The molecule has 1 fully saturated rings. The van der Waals surface area contributed by atoms with Crippen LogP contribution in [0.2, 0.25) is 0 Å². The number of H-pyrrole nitrogens is 1. The van der Waals surface area contributed by atoms with E-state index < -0.39 is 0 Å². The summed E-state index contributed by atoms with van der Waals surface area (Å²) in [6.45, 7) is 1.07. The van der Waals surface area contributed by atoms with Crippen LogP contribution < -0.4 is 5.32 Å². The molecule has 7 rings (SSSR count). The van der Waals surface area contributed by atoms with Crippen LogP contribution in [0.3, 0.4) is 0 Å². The monoisotopic (exact) mass is 437 g/mol. The number of fused-ring (bicyclic) bond motifs is 5. The van der Waals surface area contributed by atoms with Crippen molar-refractivity contribution in [1.29, 1.82) is 0 Å². The maximum atomic E-state index is 13.0. The highest BCUT2D eigenvalue weighted by atomic mass is 16.2. The fourth-order valence-corrected chi connectivity index (χ4v) is 5.61. The van der Waals surface area contributed by atoms with Crippen LogP contribution in [0.25, 0.3) is 27.8 Å². The second kappa shape index (κ2) is 6.82. The van der Waals surface area contributed by atoms with Crippen LogP contribution in [0.1, 0.15) is 53.6 Å². The van der Waals surface area contributed by atoms with E-state index in [-0.39, 0.29) is 14.7 Å². The molecule has 3 aliphatic rings. The van der Waals surface area contributed by atoms with Crippen molar-refractivity contribution in [1.82, 2.24) is 9.88 Å². The van der Waals surface area contributed by atoms with Gasteiger partial charge in [-0.1, -0.05) is 36.4 Å². The SMILES string of the molecule is O=C1c2cccc3cccc(c23)C(=O)N1CCCNc1ccc2c3c([nH]c2c1)C=CC1CC31.[HH].[HH]. The zero-order valence-corrected chi connectivity index (χ0v) is 18.1. The third-order valence-electron chi connectivity index (χ3n) is 7.33. The highest BCUT2D eigenvalue weighted by Gasteiger charge is 2.41. The minimum absolute atomic E-state index is 0. The molecule has 3 aromatic carbocycles. The number of allylic oxidation sites excluding steroid dienone is 1. The van der Waals surface area contributed by atoms with Crippen molar-refractivity contribution in [3.8, 4) is 0 Å². The normalized spacial score (nSPS) is 20.3. The summed E-state index contributed by atoms with van der Waals surface area (Å²) in [5, 5.41) is 6.49. The van der Waals surface area contributed by atoms with Crippen LogP contribution in [-0.2, 0) is 0 Å². The van der Waals surface area contributed by atoms with E-state index in [9.17, 15) is 9.59 Å². The van der Waals surface area contributed by atoms with Gasteiger partial charge in [0.1, 0.15) is 0 Å². The summed E-state index contributed by atoms with van der Waals surface area (Å²) in [6, 6.07) is 17.8. The molecule has 2 aliphatic carbocycles. The minimum atomic E-state index is -0.200. The van der Waals surface area contributed by atoms with E-state index in [1.54, 1.807) is 0 Å². The first-order valence-corrected chi connectivity index (χ1v) is 11.6. The van der Waals surface area contributed by atoms with Crippen LogP contribution in [0.5, 0.6) is 0 Å². The quantitative estimate of drug-likeness (QED) is 0.295. The number of carbonyl (C=O) groups excluding carboxylic acids is 2. The van der Waals surface area contributed by atoms with Gasteiger partial charge in [0.15, 0.2) is 0 Å². The molecule has 5 heteroatoms. The Hall–Kier alpha value is -3.86. The van der Waals surface area contributed by atoms with Crippen molar-refractivity contribution in [2.24, 2.45) is 5.92 Å². The lowest BCUT2D eigenvalue weighted by Gasteiger charge is -2.27. The average Bonchev–Trinajstić information content (AvgIpc) is 3.54. The second-order valence-electron chi connectivity index (χ2n) is 9.33. The van der Waals surface area contributed by atoms with Gasteiger partial charge in [-0.25, -0.2) is 0 Å². The first-order valence-electron chi connectivity index (χ1n) is 11.6. The highest BCUT2D eigenvalue weighted by molar-refractivity contribution is 6.25. The summed E-state index contributed by atoms with van der Waals surface area (Å²) < 4.78 is 0. The lowest BCUT2D eigenvalue weighted by Crippen LogP contribution is -2.41. The molecule has 33 heavy (non-hydrogen) atoms. The van der Waals surface area contributed by atoms with E-state index in [1.165, 1.54) is 28.0 Å². The molecule has 2 heterocycles. The van der Waals surface area contributed by atoms with Crippen molar-refractivity contribution < 1.29 is 12.4 Å². The molecule has 5 nitrogen and oxygen atoms in total. The predicted molar refractivity (Wildman–Crippen MR) is 135 cm³/mol. The van der Waals surface area contributed by atoms with E-state index in [1.807, 2.05) is 36.4 Å². The number of nitrogens with zero attached hydrogens (tertiary/aromatic N) is 1. The lowest BCUT2D eigenvalue weighted by atomic mass is 9.94. The molecular formula is C28H27N3O2. The molecule has 0 bridgehead atoms. The van der Waals surface area contributed by atoms with E-state index in [2.05, 4.69) is 40.7 Å². The number of benzene rings is 3. The average molecular weight is 438 g/mol. The first-order chi connectivity index (χ1) is 16.2. The molecule has 166 valence electrons. The second-order valence-corrected chi connectivity index (χ2v) is 9.33. The van der Waals surface area contributed by atoms with Gasteiger partial charge in [-0.3, -0.25) is 14.5 Å². The Morgan fingerprint density at radius 2 is 1.82 bits per heavy atom. The summed E-state index contributed by atoms with van der Waals surface area (Å²) in [5.41, 5.74) is 6.16. The van der Waals surface area contributed by atoms with Crippen molar-refractivity contribution in [2.75, 3.05) is 18.4 Å². The molecule has 1 saturated carbocycles. The van der Waals surface area contributed by atoms with Gasteiger partial charge >= 0.3 is 0 Å².